The summed E-state index contributed by atoms with van der Waals surface area (Å²) in [6, 6.07) is 4.39. The minimum atomic E-state index is -0.233. The van der Waals surface area contributed by atoms with Crippen molar-refractivity contribution in [3.05, 3.63) is 27.5 Å². The molecule has 1 spiro atoms. The summed E-state index contributed by atoms with van der Waals surface area (Å²) in [6.45, 7) is 3.69. The normalized spacial score (nSPS) is 23.2. The van der Waals surface area contributed by atoms with Crippen molar-refractivity contribution in [1.29, 1.82) is 0 Å². The fraction of sp³-hybridized carbons (Fsp3) is 0.571. The van der Waals surface area contributed by atoms with Crippen molar-refractivity contribution >= 4 is 17.4 Å². The molecule has 0 unspecified atom stereocenters. The van der Waals surface area contributed by atoms with Gasteiger partial charge in [-0.15, -0.1) is 11.3 Å². The van der Waals surface area contributed by atoms with E-state index in [1.807, 2.05) is 11.3 Å². The smallest absolute Gasteiger partial charge is 0.169 e. The van der Waals surface area contributed by atoms with Crippen LogP contribution in [-0.4, -0.2) is 19.0 Å². The molecule has 3 heteroatoms. The van der Waals surface area contributed by atoms with Gasteiger partial charge in [0.1, 0.15) is 0 Å². The molecule has 0 amide bonds. The minimum Gasteiger partial charge on any atom is -0.348 e. The van der Waals surface area contributed by atoms with Gasteiger partial charge in [0.15, 0.2) is 5.79 Å². The average Bonchev–Trinajstić information content (AvgIpc) is 2.93. The van der Waals surface area contributed by atoms with Crippen LogP contribution in [0.1, 0.15) is 35.4 Å². The van der Waals surface area contributed by atoms with E-state index in [0.29, 0.717) is 0 Å². The van der Waals surface area contributed by atoms with E-state index >= 15 is 0 Å². The molecular formula is C14H18O2S. The fourth-order valence-electron chi connectivity index (χ4n) is 2.61. The molecule has 1 aliphatic carbocycles. The molecule has 1 saturated heterocycles. The molecule has 0 aromatic carbocycles. The fourth-order valence-corrected chi connectivity index (χ4v) is 3.48. The first-order valence-corrected chi connectivity index (χ1v) is 7.11. The van der Waals surface area contributed by atoms with Crippen molar-refractivity contribution in [3.8, 4) is 0 Å². The Hall–Kier alpha value is -0.640. The van der Waals surface area contributed by atoms with E-state index in [4.69, 9.17) is 9.47 Å². The molecule has 0 atom stereocenters. The third kappa shape index (κ3) is 2.46. The van der Waals surface area contributed by atoms with Gasteiger partial charge in [0.25, 0.3) is 0 Å². The first kappa shape index (κ1) is 11.5. The van der Waals surface area contributed by atoms with E-state index in [-0.39, 0.29) is 5.79 Å². The van der Waals surface area contributed by atoms with E-state index in [2.05, 4.69) is 25.1 Å². The Bertz CT molecular complexity index is 415. The maximum absolute atomic E-state index is 5.74. The predicted octanol–water partition coefficient (Wildman–Crippen LogP) is 3.76. The van der Waals surface area contributed by atoms with Crippen LogP contribution in [0, 0.1) is 6.92 Å². The number of rotatable bonds is 1. The number of allylic oxidation sites excluding steroid dienone is 1. The molecule has 2 nitrogen and oxygen atoms in total. The van der Waals surface area contributed by atoms with Crippen LogP contribution in [0.2, 0.25) is 0 Å². The van der Waals surface area contributed by atoms with Crippen molar-refractivity contribution in [3.63, 3.8) is 0 Å². The first-order chi connectivity index (χ1) is 8.26. The summed E-state index contributed by atoms with van der Waals surface area (Å²) in [5.74, 6) is -0.233. The Balaban J connectivity index is 1.66. The maximum atomic E-state index is 5.74. The average molecular weight is 250 g/mol. The third-order valence-electron chi connectivity index (χ3n) is 3.58. The monoisotopic (exact) mass is 250 g/mol. The summed E-state index contributed by atoms with van der Waals surface area (Å²) in [4.78, 5) is 2.76. The molecule has 17 heavy (non-hydrogen) atoms. The highest BCUT2D eigenvalue weighted by molar-refractivity contribution is 7.12. The van der Waals surface area contributed by atoms with Gasteiger partial charge >= 0.3 is 0 Å². The zero-order chi connectivity index (χ0) is 11.7. The van der Waals surface area contributed by atoms with E-state index in [9.17, 15) is 0 Å². The Morgan fingerprint density at radius 3 is 2.47 bits per heavy atom. The molecule has 1 saturated carbocycles. The lowest BCUT2D eigenvalue weighted by atomic mass is 9.89. The molecule has 0 N–H and O–H groups in total. The van der Waals surface area contributed by atoms with Crippen molar-refractivity contribution in [1.82, 2.24) is 0 Å². The van der Waals surface area contributed by atoms with Crippen LogP contribution in [-0.2, 0) is 9.47 Å². The molecule has 0 bridgehead atoms. The van der Waals surface area contributed by atoms with Crippen LogP contribution >= 0.6 is 11.3 Å². The van der Waals surface area contributed by atoms with Gasteiger partial charge in [-0.1, -0.05) is 5.57 Å². The van der Waals surface area contributed by atoms with Crippen LogP contribution in [0.4, 0.5) is 0 Å². The molecule has 2 aliphatic rings. The van der Waals surface area contributed by atoms with E-state index in [0.717, 1.165) is 38.9 Å². The number of thiophene rings is 1. The van der Waals surface area contributed by atoms with Crippen LogP contribution in [0.5, 0.6) is 0 Å². The summed E-state index contributed by atoms with van der Waals surface area (Å²) >= 11 is 1.87. The molecule has 3 rings (SSSR count). The van der Waals surface area contributed by atoms with Gasteiger partial charge in [0.2, 0.25) is 0 Å². The van der Waals surface area contributed by atoms with Crippen molar-refractivity contribution < 1.29 is 9.47 Å². The lowest BCUT2D eigenvalue weighted by molar-refractivity contribution is -0.171. The molecule has 2 heterocycles. The summed E-state index contributed by atoms with van der Waals surface area (Å²) in [7, 11) is 0. The quantitative estimate of drug-likeness (QED) is 0.755. The number of aryl methyl sites for hydroxylation is 1. The molecular weight excluding hydrogens is 232 g/mol. The van der Waals surface area contributed by atoms with E-state index < -0.39 is 0 Å². The van der Waals surface area contributed by atoms with Gasteiger partial charge < -0.3 is 9.47 Å². The largest absolute Gasteiger partial charge is 0.348 e. The van der Waals surface area contributed by atoms with Crippen LogP contribution in [0.25, 0.3) is 6.08 Å². The molecule has 1 aromatic heterocycles. The van der Waals surface area contributed by atoms with Crippen LogP contribution < -0.4 is 0 Å². The zero-order valence-corrected chi connectivity index (χ0v) is 11.0. The Kier molecular flexibility index (Phi) is 3.07. The zero-order valence-electron chi connectivity index (χ0n) is 10.2. The summed E-state index contributed by atoms with van der Waals surface area (Å²) in [5, 5.41) is 0. The van der Waals surface area contributed by atoms with Gasteiger partial charge in [-0.2, -0.15) is 0 Å². The Labute approximate surface area is 106 Å². The van der Waals surface area contributed by atoms with Gasteiger partial charge in [-0.05, 0) is 38.0 Å². The summed E-state index contributed by atoms with van der Waals surface area (Å²) < 4.78 is 11.5. The summed E-state index contributed by atoms with van der Waals surface area (Å²) in [5.41, 5.74) is 1.54. The second-order valence-electron chi connectivity index (χ2n) is 4.86. The van der Waals surface area contributed by atoms with Gasteiger partial charge in [0.05, 0.1) is 13.2 Å². The van der Waals surface area contributed by atoms with E-state index in [1.165, 1.54) is 15.3 Å². The number of hydrogen-bond acceptors (Lipinski definition) is 3. The highest BCUT2D eigenvalue weighted by atomic mass is 32.1. The minimum absolute atomic E-state index is 0.233. The highest BCUT2D eigenvalue weighted by Gasteiger charge is 2.38. The lowest BCUT2D eigenvalue weighted by Gasteiger charge is -2.32. The third-order valence-corrected chi connectivity index (χ3v) is 4.52. The van der Waals surface area contributed by atoms with Crippen LogP contribution in [0.3, 0.4) is 0 Å². The Morgan fingerprint density at radius 2 is 1.88 bits per heavy atom. The predicted molar refractivity (Wildman–Crippen MR) is 70.1 cm³/mol. The van der Waals surface area contributed by atoms with Gasteiger partial charge in [-0.3, -0.25) is 0 Å². The standard InChI is InChI=1S/C14H18O2S/c1-11-2-3-13(17-11)10-12-4-6-14(7-5-12)15-8-9-16-14/h2-3,10H,4-9H2,1H3. The molecule has 1 aliphatic heterocycles. The van der Waals surface area contributed by atoms with Crippen molar-refractivity contribution in [2.75, 3.05) is 13.2 Å². The Morgan fingerprint density at radius 1 is 1.18 bits per heavy atom. The van der Waals surface area contributed by atoms with Gasteiger partial charge in [0, 0.05) is 22.6 Å². The molecule has 92 valence electrons. The van der Waals surface area contributed by atoms with Gasteiger partial charge in [-0.25, -0.2) is 0 Å². The topological polar surface area (TPSA) is 18.5 Å². The maximum Gasteiger partial charge on any atom is 0.169 e. The number of ether oxygens (including phenoxy) is 2. The highest BCUT2D eigenvalue weighted by Crippen LogP contribution is 2.38. The van der Waals surface area contributed by atoms with Crippen molar-refractivity contribution in [2.45, 2.75) is 38.4 Å². The molecule has 2 fully saturated rings. The lowest BCUT2D eigenvalue weighted by Crippen LogP contribution is -2.32. The second kappa shape index (κ2) is 4.56. The molecule has 1 aromatic rings. The first-order valence-electron chi connectivity index (χ1n) is 6.30. The molecule has 0 radical (unpaired) electrons. The van der Waals surface area contributed by atoms with E-state index in [1.54, 1.807) is 0 Å². The summed E-state index contributed by atoms with van der Waals surface area (Å²) in [6.07, 6.45) is 6.60. The van der Waals surface area contributed by atoms with Crippen LogP contribution in [0.15, 0.2) is 17.7 Å². The van der Waals surface area contributed by atoms with Crippen molar-refractivity contribution in [2.24, 2.45) is 0 Å². The second-order valence-corrected chi connectivity index (χ2v) is 6.18. The number of hydrogen-bond donors (Lipinski definition) is 0. The SMILES string of the molecule is Cc1ccc(C=C2CCC3(CC2)OCCO3)s1.